The van der Waals surface area contributed by atoms with Gasteiger partial charge in [-0.05, 0) is 49.1 Å². The maximum Gasteiger partial charge on any atom is 0.254 e. The summed E-state index contributed by atoms with van der Waals surface area (Å²) in [6, 6.07) is 11.0. The number of fused-ring (bicyclic) bond motifs is 1. The summed E-state index contributed by atoms with van der Waals surface area (Å²) >= 11 is 6.41. The first-order valence-electron chi connectivity index (χ1n) is 10.7. The number of rotatable bonds is 6. The second kappa shape index (κ2) is 9.03. The summed E-state index contributed by atoms with van der Waals surface area (Å²) < 4.78 is 5.93. The van der Waals surface area contributed by atoms with Crippen molar-refractivity contribution < 1.29 is 9.53 Å². The molecule has 1 aliphatic heterocycles. The van der Waals surface area contributed by atoms with Crippen molar-refractivity contribution in [2.24, 2.45) is 0 Å². The van der Waals surface area contributed by atoms with E-state index in [0.717, 1.165) is 31.4 Å². The fourth-order valence-electron chi connectivity index (χ4n) is 4.19. The van der Waals surface area contributed by atoms with Gasteiger partial charge in [-0.3, -0.25) is 9.78 Å². The fourth-order valence-corrected chi connectivity index (χ4v) is 4.36. The van der Waals surface area contributed by atoms with E-state index < -0.39 is 0 Å². The lowest BCUT2D eigenvalue weighted by atomic mass is 10.0. The van der Waals surface area contributed by atoms with Gasteiger partial charge in [-0.15, -0.1) is 5.10 Å². The summed E-state index contributed by atoms with van der Waals surface area (Å²) in [6.07, 6.45) is 6.36. The zero-order valence-electron chi connectivity index (χ0n) is 17.7. The summed E-state index contributed by atoms with van der Waals surface area (Å²) in [5.74, 6) is 0.716. The molecule has 1 aliphatic rings. The molecule has 1 atom stereocenters. The number of nitrogens with one attached hydrogen (secondary N) is 1. The molecule has 33 heavy (non-hydrogen) atoms. The number of anilines is 1. The van der Waals surface area contributed by atoms with Gasteiger partial charge in [-0.2, -0.15) is 0 Å². The smallest absolute Gasteiger partial charge is 0.254 e. The number of halogens is 1. The number of H-pyrrole nitrogens is 1. The number of aromatic amines is 1. The molecule has 9 nitrogen and oxygen atoms in total. The summed E-state index contributed by atoms with van der Waals surface area (Å²) in [4.78, 5) is 23.6. The molecule has 0 bridgehead atoms. The number of carbonyl (C=O) groups excluding carboxylic acids is 1. The Kier molecular flexibility index (Phi) is 5.78. The monoisotopic (exact) mass is 463 g/mol. The van der Waals surface area contributed by atoms with Gasteiger partial charge < -0.3 is 15.4 Å². The number of nitrogens with zero attached hydrogens (tertiary/aromatic N) is 5. The molecule has 5 rings (SSSR count). The quantitative estimate of drug-likeness (QED) is 0.449. The molecular formula is C23H22ClN7O2. The molecule has 0 spiro atoms. The summed E-state index contributed by atoms with van der Waals surface area (Å²) in [5, 5.41) is 10.9. The Hall–Kier alpha value is -3.72. The van der Waals surface area contributed by atoms with Crippen molar-refractivity contribution in [2.75, 3.05) is 12.3 Å². The van der Waals surface area contributed by atoms with Gasteiger partial charge >= 0.3 is 0 Å². The SMILES string of the molecule is Nc1cc(OCc2cc(C(=O)N3CCCC3Cc3cccnc3)ccc2Cl)c2nn[nH]c2n1. The number of benzene rings is 1. The summed E-state index contributed by atoms with van der Waals surface area (Å²) in [5.41, 5.74) is 9.15. The topological polar surface area (TPSA) is 123 Å². The van der Waals surface area contributed by atoms with E-state index in [9.17, 15) is 4.79 Å². The molecule has 3 aromatic heterocycles. The van der Waals surface area contributed by atoms with E-state index in [1.165, 1.54) is 0 Å². The zero-order chi connectivity index (χ0) is 22.8. The fraction of sp³-hybridized carbons (Fsp3) is 0.261. The van der Waals surface area contributed by atoms with Crippen LogP contribution in [0.25, 0.3) is 11.2 Å². The van der Waals surface area contributed by atoms with Crippen LogP contribution in [-0.2, 0) is 13.0 Å². The van der Waals surface area contributed by atoms with Crippen molar-refractivity contribution in [1.29, 1.82) is 0 Å². The predicted molar refractivity (Wildman–Crippen MR) is 124 cm³/mol. The van der Waals surface area contributed by atoms with Crippen molar-refractivity contribution in [3.05, 3.63) is 70.5 Å². The van der Waals surface area contributed by atoms with Crippen molar-refractivity contribution in [3.63, 3.8) is 0 Å². The van der Waals surface area contributed by atoms with E-state index >= 15 is 0 Å². The number of aromatic nitrogens is 5. The number of hydrogen-bond acceptors (Lipinski definition) is 7. The first kappa shape index (κ1) is 21.1. The van der Waals surface area contributed by atoms with Crippen LogP contribution in [-0.4, -0.2) is 48.8 Å². The average Bonchev–Trinajstić information content (AvgIpc) is 3.48. The first-order chi connectivity index (χ1) is 16.1. The maximum absolute atomic E-state index is 13.3. The van der Waals surface area contributed by atoms with E-state index in [2.05, 4.69) is 25.4 Å². The number of nitrogen functional groups attached to an aromatic ring is 1. The molecule has 1 unspecified atom stereocenters. The number of pyridine rings is 2. The molecule has 3 N–H and O–H groups in total. The Balaban J connectivity index is 1.33. The van der Waals surface area contributed by atoms with E-state index in [-0.39, 0.29) is 24.4 Å². The molecule has 168 valence electrons. The van der Waals surface area contributed by atoms with Gasteiger partial charge in [0.05, 0.1) is 0 Å². The van der Waals surface area contributed by atoms with Crippen LogP contribution in [0, 0.1) is 0 Å². The zero-order valence-corrected chi connectivity index (χ0v) is 18.5. The molecule has 1 aromatic carbocycles. The molecular weight excluding hydrogens is 442 g/mol. The number of ether oxygens (including phenoxy) is 1. The third kappa shape index (κ3) is 4.45. The van der Waals surface area contributed by atoms with E-state index in [0.29, 0.717) is 33.1 Å². The highest BCUT2D eigenvalue weighted by molar-refractivity contribution is 6.31. The van der Waals surface area contributed by atoms with Gasteiger partial charge in [-0.25, -0.2) is 10.1 Å². The maximum atomic E-state index is 13.3. The van der Waals surface area contributed by atoms with Gasteiger partial charge in [-0.1, -0.05) is 22.9 Å². The van der Waals surface area contributed by atoms with Crippen LogP contribution in [0.3, 0.4) is 0 Å². The van der Waals surface area contributed by atoms with Crippen molar-refractivity contribution >= 4 is 34.5 Å². The Bertz CT molecular complexity index is 1290. The van der Waals surface area contributed by atoms with Crippen LogP contribution >= 0.6 is 11.6 Å². The van der Waals surface area contributed by atoms with Gasteiger partial charge in [0.25, 0.3) is 5.91 Å². The molecule has 0 saturated carbocycles. The second-order valence-corrected chi connectivity index (χ2v) is 8.42. The summed E-state index contributed by atoms with van der Waals surface area (Å²) in [7, 11) is 0. The Morgan fingerprint density at radius 2 is 2.21 bits per heavy atom. The normalized spacial score (nSPS) is 15.8. The molecule has 0 aliphatic carbocycles. The number of hydrogen-bond donors (Lipinski definition) is 2. The van der Waals surface area contributed by atoms with Crippen LogP contribution in [0.2, 0.25) is 5.02 Å². The number of likely N-dealkylation sites (tertiary alicyclic amines) is 1. The van der Waals surface area contributed by atoms with Crippen LogP contribution in [0.1, 0.15) is 34.3 Å². The van der Waals surface area contributed by atoms with Crippen LogP contribution in [0.5, 0.6) is 5.75 Å². The standard InChI is InChI=1S/C23H22ClN7O2/c24-18-6-5-15(23(32)31-8-2-4-17(31)9-14-3-1-7-26-12-14)10-16(18)13-33-19-11-20(25)27-22-21(19)28-30-29-22/h1,3,5-7,10-12,17H,2,4,8-9,13H2,(H3,25,27,28,29,30). The van der Waals surface area contributed by atoms with Crippen LogP contribution < -0.4 is 10.5 Å². The van der Waals surface area contributed by atoms with Crippen molar-refractivity contribution in [1.82, 2.24) is 30.3 Å². The van der Waals surface area contributed by atoms with Gasteiger partial charge in [0.1, 0.15) is 12.4 Å². The number of carbonyl (C=O) groups is 1. The minimum absolute atomic E-state index is 0.00801. The van der Waals surface area contributed by atoms with E-state index in [1.54, 1.807) is 30.5 Å². The largest absolute Gasteiger partial charge is 0.486 e. The lowest BCUT2D eigenvalue weighted by molar-refractivity contribution is 0.0736. The van der Waals surface area contributed by atoms with Crippen LogP contribution in [0.15, 0.2) is 48.8 Å². The lowest BCUT2D eigenvalue weighted by Crippen LogP contribution is -2.36. The average molecular weight is 464 g/mol. The molecule has 4 aromatic rings. The highest BCUT2D eigenvalue weighted by Crippen LogP contribution is 2.28. The third-order valence-corrected chi connectivity index (χ3v) is 6.16. The van der Waals surface area contributed by atoms with Gasteiger partial charge in [0.15, 0.2) is 16.9 Å². The lowest BCUT2D eigenvalue weighted by Gasteiger charge is -2.25. The Morgan fingerprint density at radius 3 is 3.06 bits per heavy atom. The minimum Gasteiger partial charge on any atom is -0.486 e. The third-order valence-electron chi connectivity index (χ3n) is 5.79. The van der Waals surface area contributed by atoms with Crippen LogP contribution in [0.4, 0.5) is 5.82 Å². The van der Waals surface area contributed by atoms with Gasteiger partial charge in [0.2, 0.25) is 0 Å². The minimum atomic E-state index is -0.00801. The Morgan fingerprint density at radius 1 is 1.30 bits per heavy atom. The van der Waals surface area contributed by atoms with Gasteiger partial charge in [0, 0.05) is 47.2 Å². The summed E-state index contributed by atoms with van der Waals surface area (Å²) in [6.45, 7) is 0.878. The molecule has 1 saturated heterocycles. The van der Waals surface area contributed by atoms with E-state index in [1.807, 2.05) is 23.2 Å². The number of nitrogens with two attached hydrogens (primary N) is 1. The second-order valence-electron chi connectivity index (χ2n) is 8.01. The number of amides is 1. The molecule has 1 fully saturated rings. The van der Waals surface area contributed by atoms with Crippen molar-refractivity contribution in [2.45, 2.75) is 31.9 Å². The molecule has 1 amide bonds. The molecule has 4 heterocycles. The first-order valence-corrected chi connectivity index (χ1v) is 11.0. The predicted octanol–water partition coefficient (Wildman–Crippen LogP) is 3.41. The molecule has 0 radical (unpaired) electrons. The Labute approximate surface area is 194 Å². The highest BCUT2D eigenvalue weighted by Gasteiger charge is 2.29. The van der Waals surface area contributed by atoms with E-state index in [4.69, 9.17) is 22.1 Å². The molecule has 10 heteroatoms. The van der Waals surface area contributed by atoms with Crippen molar-refractivity contribution in [3.8, 4) is 5.75 Å². The highest BCUT2D eigenvalue weighted by atomic mass is 35.5.